The molecule has 3 aromatic rings. The average Bonchev–Trinajstić information content (AvgIpc) is 3.05. The van der Waals surface area contributed by atoms with Crippen LogP contribution in [0.2, 0.25) is 0 Å². The predicted molar refractivity (Wildman–Crippen MR) is 106 cm³/mol. The Labute approximate surface area is 162 Å². The van der Waals surface area contributed by atoms with Gasteiger partial charge in [0.1, 0.15) is 12.4 Å². The maximum Gasteiger partial charge on any atom is 0.407 e. The van der Waals surface area contributed by atoms with E-state index in [9.17, 15) is 9.18 Å². The van der Waals surface area contributed by atoms with Gasteiger partial charge in [0.2, 0.25) is 0 Å². The number of benzene rings is 2. The van der Waals surface area contributed by atoms with Crippen molar-refractivity contribution >= 4 is 12.2 Å². The van der Waals surface area contributed by atoms with Crippen LogP contribution in [0.4, 0.5) is 9.18 Å². The first-order valence-corrected chi connectivity index (χ1v) is 9.09. The summed E-state index contributed by atoms with van der Waals surface area (Å²) in [5.74, 6) is -0.342. The van der Waals surface area contributed by atoms with Gasteiger partial charge in [-0.2, -0.15) is 0 Å². The third-order valence-electron chi connectivity index (χ3n) is 4.75. The predicted octanol–water partition coefficient (Wildman–Crippen LogP) is 4.77. The zero-order valence-electron chi connectivity index (χ0n) is 15.1. The Morgan fingerprint density at radius 1 is 1.04 bits per heavy atom. The molecule has 1 N–H and O–H groups in total. The van der Waals surface area contributed by atoms with Crippen molar-refractivity contribution in [2.45, 2.75) is 5.92 Å². The molecule has 4 rings (SSSR count). The van der Waals surface area contributed by atoms with Gasteiger partial charge in [0.15, 0.2) is 0 Å². The zero-order valence-corrected chi connectivity index (χ0v) is 15.1. The van der Waals surface area contributed by atoms with Crippen LogP contribution < -0.4 is 5.32 Å². The van der Waals surface area contributed by atoms with Crippen molar-refractivity contribution in [3.8, 4) is 11.1 Å². The highest BCUT2D eigenvalue weighted by molar-refractivity contribution is 5.79. The number of ether oxygens (including phenoxy) is 1. The van der Waals surface area contributed by atoms with Gasteiger partial charge in [0, 0.05) is 12.5 Å². The van der Waals surface area contributed by atoms with Gasteiger partial charge in [-0.3, -0.25) is 4.98 Å². The van der Waals surface area contributed by atoms with Crippen molar-refractivity contribution in [1.29, 1.82) is 0 Å². The molecule has 0 atom stereocenters. The molecule has 0 fully saturated rings. The number of carbonyl (C=O) groups is 1. The quantitative estimate of drug-likeness (QED) is 0.700. The van der Waals surface area contributed by atoms with E-state index in [1.807, 2.05) is 24.3 Å². The minimum Gasteiger partial charge on any atom is -0.449 e. The summed E-state index contributed by atoms with van der Waals surface area (Å²) in [6, 6.07) is 19.3. The second-order valence-corrected chi connectivity index (χ2v) is 6.51. The van der Waals surface area contributed by atoms with E-state index in [2.05, 4.69) is 34.6 Å². The number of nitrogens with one attached hydrogen (secondary N) is 1. The number of hydrogen-bond donors (Lipinski definition) is 1. The van der Waals surface area contributed by atoms with Gasteiger partial charge < -0.3 is 10.1 Å². The second kappa shape index (κ2) is 8.05. The van der Waals surface area contributed by atoms with Crippen molar-refractivity contribution in [3.63, 3.8) is 0 Å². The van der Waals surface area contributed by atoms with Crippen molar-refractivity contribution < 1.29 is 13.9 Å². The van der Waals surface area contributed by atoms with Crippen LogP contribution in [0.3, 0.4) is 0 Å². The lowest BCUT2D eigenvalue weighted by atomic mass is 9.98. The molecule has 5 heteroatoms. The average molecular weight is 374 g/mol. The normalized spacial score (nSPS) is 12.6. The Morgan fingerprint density at radius 2 is 1.71 bits per heavy atom. The number of nitrogens with zero attached hydrogens (tertiary/aromatic N) is 1. The zero-order chi connectivity index (χ0) is 19.3. The molecule has 0 saturated carbocycles. The molecular formula is C23H19FN2O2. The summed E-state index contributed by atoms with van der Waals surface area (Å²) >= 11 is 0. The molecule has 1 aromatic heterocycles. The molecule has 0 bridgehead atoms. The summed E-state index contributed by atoms with van der Waals surface area (Å²) in [7, 11) is 0. The van der Waals surface area contributed by atoms with Crippen LogP contribution in [0, 0.1) is 5.82 Å². The number of hydrogen-bond acceptors (Lipinski definition) is 3. The van der Waals surface area contributed by atoms with Crippen LogP contribution in [0.1, 0.15) is 22.7 Å². The van der Waals surface area contributed by atoms with Gasteiger partial charge in [-0.15, -0.1) is 0 Å². The van der Waals surface area contributed by atoms with Gasteiger partial charge >= 0.3 is 6.09 Å². The van der Waals surface area contributed by atoms with Crippen molar-refractivity contribution in [3.05, 3.63) is 95.6 Å². The Kier molecular flexibility index (Phi) is 5.15. The Bertz CT molecular complexity index is 970. The van der Waals surface area contributed by atoms with E-state index in [0.29, 0.717) is 12.2 Å². The van der Waals surface area contributed by atoms with Crippen molar-refractivity contribution in [2.24, 2.45) is 0 Å². The molecule has 140 valence electrons. The van der Waals surface area contributed by atoms with Gasteiger partial charge in [-0.1, -0.05) is 54.6 Å². The minimum atomic E-state index is -0.474. The SMILES string of the molecule is O=C(NCC=Cc1ccc(F)cn1)OCC1c2ccccc2-c2ccccc21. The van der Waals surface area contributed by atoms with E-state index in [-0.39, 0.29) is 18.3 Å². The van der Waals surface area contributed by atoms with Gasteiger partial charge in [0.05, 0.1) is 11.9 Å². The monoisotopic (exact) mass is 374 g/mol. The topological polar surface area (TPSA) is 51.2 Å². The fraction of sp³-hybridized carbons (Fsp3) is 0.130. The first-order valence-electron chi connectivity index (χ1n) is 9.09. The van der Waals surface area contributed by atoms with Crippen LogP contribution in [0.15, 0.2) is 72.9 Å². The molecule has 28 heavy (non-hydrogen) atoms. The van der Waals surface area contributed by atoms with Crippen molar-refractivity contribution in [2.75, 3.05) is 13.2 Å². The summed E-state index contributed by atoms with van der Waals surface area (Å²) < 4.78 is 18.3. The molecule has 0 radical (unpaired) electrons. The third-order valence-corrected chi connectivity index (χ3v) is 4.75. The number of amides is 1. The van der Waals surface area contributed by atoms with E-state index in [1.54, 1.807) is 18.2 Å². The Hall–Kier alpha value is -3.47. The number of carbonyl (C=O) groups excluding carboxylic acids is 1. The molecule has 0 saturated heterocycles. The first-order chi connectivity index (χ1) is 13.7. The summed E-state index contributed by atoms with van der Waals surface area (Å²) in [5.41, 5.74) is 5.37. The lowest BCUT2D eigenvalue weighted by molar-refractivity contribution is 0.144. The van der Waals surface area contributed by atoms with E-state index >= 15 is 0 Å². The number of alkyl carbamates (subject to hydrolysis) is 1. The maximum absolute atomic E-state index is 12.8. The molecule has 0 spiro atoms. The fourth-order valence-electron chi connectivity index (χ4n) is 3.46. The number of halogens is 1. The van der Waals surface area contributed by atoms with Crippen LogP contribution in [-0.2, 0) is 4.74 Å². The molecule has 0 aliphatic heterocycles. The van der Waals surface area contributed by atoms with E-state index in [1.165, 1.54) is 28.3 Å². The van der Waals surface area contributed by atoms with E-state index < -0.39 is 6.09 Å². The molecule has 2 aromatic carbocycles. The van der Waals surface area contributed by atoms with Crippen LogP contribution in [0.25, 0.3) is 17.2 Å². The highest BCUT2D eigenvalue weighted by Gasteiger charge is 2.28. The second-order valence-electron chi connectivity index (χ2n) is 6.51. The smallest absolute Gasteiger partial charge is 0.407 e. The first kappa shape index (κ1) is 17.9. The van der Waals surface area contributed by atoms with Crippen LogP contribution in [0.5, 0.6) is 0 Å². The molecule has 1 heterocycles. The number of fused-ring (bicyclic) bond motifs is 3. The number of pyridine rings is 1. The lowest BCUT2D eigenvalue weighted by Gasteiger charge is -2.14. The summed E-state index contributed by atoms with van der Waals surface area (Å²) in [4.78, 5) is 16.0. The Balaban J connectivity index is 1.33. The minimum absolute atomic E-state index is 0.0390. The molecule has 1 aliphatic rings. The fourth-order valence-corrected chi connectivity index (χ4v) is 3.46. The molecular weight excluding hydrogens is 355 g/mol. The molecule has 0 unspecified atom stereocenters. The summed E-state index contributed by atoms with van der Waals surface area (Å²) in [6.45, 7) is 0.582. The molecule has 1 aliphatic carbocycles. The third kappa shape index (κ3) is 3.78. The summed E-state index contributed by atoms with van der Waals surface area (Å²) in [6.07, 6.45) is 4.13. The van der Waals surface area contributed by atoms with E-state index in [0.717, 1.165) is 6.20 Å². The standard InChI is InChI=1S/C23H19FN2O2/c24-16-11-12-17(26-14-16)6-5-13-25-23(27)28-15-22-20-9-3-1-7-18(20)19-8-2-4-10-21(19)22/h1-12,14,22H,13,15H2,(H,25,27). The largest absolute Gasteiger partial charge is 0.449 e. The van der Waals surface area contributed by atoms with Gasteiger partial charge in [-0.05, 0) is 40.5 Å². The van der Waals surface area contributed by atoms with Gasteiger partial charge in [0.25, 0.3) is 0 Å². The molecule has 4 nitrogen and oxygen atoms in total. The maximum atomic E-state index is 12.8. The van der Waals surface area contributed by atoms with E-state index in [4.69, 9.17) is 4.74 Å². The van der Waals surface area contributed by atoms with Crippen LogP contribution >= 0.6 is 0 Å². The number of aromatic nitrogens is 1. The summed E-state index contributed by atoms with van der Waals surface area (Å²) in [5, 5.41) is 2.69. The molecule has 1 amide bonds. The lowest BCUT2D eigenvalue weighted by Crippen LogP contribution is -2.26. The van der Waals surface area contributed by atoms with Crippen molar-refractivity contribution in [1.82, 2.24) is 10.3 Å². The van der Waals surface area contributed by atoms with Gasteiger partial charge in [-0.25, -0.2) is 9.18 Å². The van der Waals surface area contributed by atoms with Crippen LogP contribution in [-0.4, -0.2) is 24.2 Å². The Morgan fingerprint density at radius 3 is 2.36 bits per heavy atom. The highest BCUT2D eigenvalue weighted by atomic mass is 19.1. The number of rotatable bonds is 5. The highest BCUT2D eigenvalue weighted by Crippen LogP contribution is 2.44.